The zero-order valence-corrected chi connectivity index (χ0v) is 16.8. The smallest absolute Gasteiger partial charge is 0.238 e. The third kappa shape index (κ3) is 3.87. The number of rotatable bonds is 4. The number of nitrogens with zero attached hydrogens (tertiary/aromatic N) is 2. The second kappa shape index (κ2) is 8.10. The molecule has 0 fully saturated rings. The number of nitriles is 1. The molecular formula is C26H20N2O2. The van der Waals surface area contributed by atoms with Crippen LogP contribution in [0.1, 0.15) is 22.3 Å². The number of benzene rings is 3. The monoisotopic (exact) mass is 392 g/mol. The van der Waals surface area contributed by atoms with Gasteiger partial charge in [0.05, 0.1) is 0 Å². The molecule has 3 aromatic carbocycles. The summed E-state index contributed by atoms with van der Waals surface area (Å²) in [5.74, 6) is 1.00. The molecule has 4 aromatic rings. The number of aryl methyl sites for hydroxylation is 2. The van der Waals surface area contributed by atoms with Gasteiger partial charge in [0.1, 0.15) is 23.1 Å². The van der Waals surface area contributed by atoms with E-state index in [1.165, 1.54) is 0 Å². The number of hydrogen-bond acceptors (Lipinski definition) is 4. The molecule has 4 rings (SSSR count). The van der Waals surface area contributed by atoms with E-state index < -0.39 is 0 Å². The van der Waals surface area contributed by atoms with Crippen molar-refractivity contribution in [2.24, 2.45) is 4.99 Å². The molecule has 0 bridgehead atoms. The zero-order valence-electron chi connectivity index (χ0n) is 16.8. The summed E-state index contributed by atoms with van der Waals surface area (Å²) in [6.07, 6.45) is 1.58. The minimum Gasteiger partial charge on any atom is -0.508 e. The number of furan rings is 1. The lowest BCUT2D eigenvalue weighted by Gasteiger charge is -2.05. The Morgan fingerprint density at radius 2 is 1.53 bits per heavy atom. The molecule has 0 unspecified atom stereocenters. The van der Waals surface area contributed by atoms with Crippen molar-refractivity contribution in [2.45, 2.75) is 13.8 Å². The Morgan fingerprint density at radius 3 is 2.13 bits per heavy atom. The average molecular weight is 392 g/mol. The van der Waals surface area contributed by atoms with Gasteiger partial charge in [0.25, 0.3) is 0 Å². The standard InChI is InChI=1S/C26H20N2O2/c1-17-6-10-20(11-7-17)24-23(15-27)26(28-16-19-4-3-5-22(29)14-19)30-25(24)21-12-8-18(2)9-13-21/h3-14,16,29H,1-2H3. The molecule has 0 aliphatic rings. The second-order valence-electron chi connectivity index (χ2n) is 7.18. The molecule has 146 valence electrons. The molecular weight excluding hydrogens is 372 g/mol. The van der Waals surface area contributed by atoms with Gasteiger partial charge in [0, 0.05) is 17.3 Å². The second-order valence-corrected chi connectivity index (χ2v) is 7.18. The van der Waals surface area contributed by atoms with E-state index in [2.05, 4.69) is 11.1 Å². The van der Waals surface area contributed by atoms with Gasteiger partial charge in [0.2, 0.25) is 5.88 Å². The minimum absolute atomic E-state index is 0.152. The van der Waals surface area contributed by atoms with Crippen LogP contribution >= 0.6 is 0 Å². The Morgan fingerprint density at radius 1 is 0.900 bits per heavy atom. The van der Waals surface area contributed by atoms with Crippen molar-refractivity contribution < 1.29 is 9.52 Å². The van der Waals surface area contributed by atoms with Crippen LogP contribution in [0.2, 0.25) is 0 Å². The maximum Gasteiger partial charge on any atom is 0.238 e. The van der Waals surface area contributed by atoms with Crippen LogP contribution in [0.4, 0.5) is 5.88 Å². The first-order valence-electron chi connectivity index (χ1n) is 9.59. The Bertz CT molecular complexity index is 1260. The van der Waals surface area contributed by atoms with Crippen LogP contribution in [0, 0.1) is 25.2 Å². The normalized spacial score (nSPS) is 11.0. The van der Waals surface area contributed by atoms with E-state index in [4.69, 9.17) is 4.42 Å². The molecule has 0 saturated carbocycles. The maximum atomic E-state index is 9.94. The fourth-order valence-electron chi connectivity index (χ4n) is 3.26. The van der Waals surface area contributed by atoms with E-state index in [0.29, 0.717) is 16.9 Å². The van der Waals surface area contributed by atoms with Gasteiger partial charge in [0.15, 0.2) is 0 Å². The number of aliphatic imine (C=N–C) groups is 1. The van der Waals surface area contributed by atoms with Crippen LogP contribution in [-0.4, -0.2) is 11.3 Å². The van der Waals surface area contributed by atoms with Crippen molar-refractivity contribution >= 4 is 12.1 Å². The van der Waals surface area contributed by atoms with Crippen molar-refractivity contribution in [3.63, 3.8) is 0 Å². The van der Waals surface area contributed by atoms with Crippen LogP contribution in [0.15, 0.2) is 82.2 Å². The summed E-state index contributed by atoms with van der Waals surface area (Å²) in [6, 6.07) is 25.0. The van der Waals surface area contributed by atoms with Gasteiger partial charge in [-0.25, -0.2) is 4.99 Å². The van der Waals surface area contributed by atoms with Crippen LogP contribution < -0.4 is 0 Å². The summed E-state index contributed by atoms with van der Waals surface area (Å²) in [5.41, 5.74) is 5.88. The number of hydrogen-bond donors (Lipinski definition) is 1. The molecule has 1 aromatic heterocycles. The summed E-state index contributed by atoms with van der Waals surface area (Å²) in [7, 11) is 0. The van der Waals surface area contributed by atoms with E-state index in [9.17, 15) is 10.4 Å². The van der Waals surface area contributed by atoms with Gasteiger partial charge < -0.3 is 9.52 Å². The number of phenolic OH excluding ortho intramolecular Hbond substituents is 1. The van der Waals surface area contributed by atoms with Crippen molar-refractivity contribution in [3.05, 3.63) is 95.1 Å². The van der Waals surface area contributed by atoms with Crippen molar-refractivity contribution in [1.29, 1.82) is 5.26 Å². The van der Waals surface area contributed by atoms with Crippen LogP contribution in [0.3, 0.4) is 0 Å². The Balaban J connectivity index is 1.89. The van der Waals surface area contributed by atoms with Gasteiger partial charge >= 0.3 is 0 Å². The summed E-state index contributed by atoms with van der Waals surface area (Å²) >= 11 is 0. The quantitative estimate of drug-likeness (QED) is 0.400. The van der Waals surface area contributed by atoms with E-state index in [0.717, 1.165) is 27.8 Å². The molecule has 0 spiro atoms. The highest BCUT2D eigenvalue weighted by molar-refractivity contribution is 5.90. The first kappa shape index (κ1) is 19.2. The van der Waals surface area contributed by atoms with Gasteiger partial charge in [-0.15, -0.1) is 0 Å². The summed E-state index contributed by atoms with van der Waals surface area (Å²) in [6.45, 7) is 4.05. The fraction of sp³-hybridized carbons (Fsp3) is 0.0769. The molecule has 1 heterocycles. The third-order valence-electron chi connectivity index (χ3n) is 4.86. The lowest BCUT2D eigenvalue weighted by Crippen LogP contribution is -1.85. The number of aromatic hydroxyl groups is 1. The molecule has 0 amide bonds. The van der Waals surface area contributed by atoms with Crippen LogP contribution in [-0.2, 0) is 0 Å². The Kier molecular flexibility index (Phi) is 5.19. The minimum atomic E-state index is 0.152. The van der Waals surface area contributed by atoms with Gasteiger partial charge in [-0.05, 0) is 37.1 Å². The lowest BCUT2D eigenvalue weighted by molar-refractivity contribution is 0.475. The van der Waals surface area contributed by atoms with Crippen molar-refractivity contribution in [3.8, 4) is 34.3 Å². The van der Waals surface area contributed by atoms with E-state index in [1.807, 2.05) is 68.4 Å². The predicted molar refractivity (Wildman–Crippen MR) is 119 cm³/mol. The first-order chi connectivity index (χ1) is 14.5. The van der Waals surface area contributed by atoms with Gasteiger partial charge in [-0.2, -0.15) is 5.26 Å². The topological polar surface area (TPSA) is 69.5 Å². The zero-order chi connectivity index (χ0) is 21.1. The molecule has 0 radical (unpaired) electrons. The molecule has 30 heavy (non-hydrogen) atoms. The first-order valence-corrected chi connectivity index (χ1v) is 9.59. The lowest BCUT2D eigenvalue weighted by atomic mass is 9.97. The van der Waals surface area contributed by atoms with Gasteiger partial charge in [-0.1, -0.05) is 71.8 Å². The fourth-order valence-corrected chi connectivity index (χ4v) is 3.26. The number of phenols is 1. The molecule has 4 heteroatoms. The highest BCUT2D eigenvalue weighted by Gasteiger charge is 2.22. The maximum absolute atomic E-state index is 9.94. The van der Waals surface area contributed by atoms with Crippen LogP contribution in [0.5, 0.6) is 5.75 Å². The predicted octanol–water partition coefficient (Wildman–Crippen LogP) is 6.56. The van der Waals surface area contributed by atoms with E-state index in [1.54, 1.807) is 24.4 Å². The Hall–Kier alpha value is -4.10. The highest BCUT2D eigenvalue weighted by atomic mass is 16.4. The van der Waals surface area contributed by atoms with E-state index >= 15 is 0 Å². The molecule has 0 aliphatic heterocycles. The average Bonchev–Trinajstić information content (AvgIpc) is 3.12. The Labute approximate surface area is 175 Å². The summed E-state index contributed by atoms with van der Waals surface area (Å²) < 4.78 is 6.12. The van der Waals surface area contributed by atoms with Gasteiger partial charge in [-0.3, -0.25) is 0 Å². The summed E-state index contributed by atoms with van der Waals surface area (Å²) in [5, 5.41) is 19.6. The molecule has 1 N–H and O–H groups in total. The molecule has 4 nitrogen and oxygen atoms in total. The molecule has 0 saturated heterocycles. The van der Waals surface area contributed by atoms with Crippen molar-refractivity contribution in [2.75, 3.05) is 0 Å². The van der Waals surface area contributed by atoms with Crippen molar-refractivity contribution in [1.82, 2.24) is 0 Å². The SMILES string of the molecule is Cc1ccc(-c2oc(N=Cc3cccc(O)c3)c(C#N)c2-c2ccc(C)cc2)cc1. The highest BCUT2D eigenvalue weighted by Crippen LogP contribution is 2.42. The molecule has 0 atom stereocenters. The third-order valence-corrected chi connectivity index (χ3v) is 4.86. The van der Waals surface area contributed by atoms with E-state index in [-0.39, 0.29) is 11.6 Å². The van der Waals surface area contributed by atoms with Crippen LogP contribution in [0.25, 0.3) is 22.5 Å². The summed E-state index contributed by atoms with van der Waals surface area (Å²) in [4.78, 5) is 4.43. The largest absolute Gasteiger partial charge is 0.508 e. The molecule has 0 aliphatic carbocycles.